The number of halogens is 3. The molecule has 0 unspecified atom stereocenters. The normalized spacial score (nSPS) is 10.4. The molecule has 2 aromatic rings. The average molecular weight is 258 g/mol. The van der Waals surface area contributed by atoms with E-state index >= 15 is 0 Å². The first kappa shape index (κ1) is 11.2. The fraction of sp³-hybridized carbons (Fsp3) is 0. The Bertz CT molecular complexity index is 496. The molecule has 16 heavy (non-hydrogen) atoms. The van der Waals surface area contributed by atoms with Crippen LogP contribution in [-0.4, -0.2) is 10.1 Å². The van der Waals surface area contributed by atoms with Crippen LogP contribution in [0.3, 0.4) is 0 Å². The molecule has 1 N–H and O–H groups in total. The van der Waals surface area contributed by atoms with Crippen molar-refractivity contribution in [1.29, 1.82) is 0 Å². The van der Waals surface area contributed by atoms with Gasteiger partial charge in [0.25, 0.3) is 0 Å². The third-order valence-electron chi connectivity index (χ3n) is 2.01. The van der Waals surface area contributed by atoms with Gasteiger partial charge < -0.3 is 5.11 Å². The van der Waals surface area contributed by atoms with E-state index in [0.717, 1.165) is 12.3 Å². The summed E-state index contributed by atoms with van der Waals surface area (Å²) in [4.78, 5) is 3.79. The van der Waals surface area contributed by atoms with Crippen LogP contribution in [0.4, 0.5) is 4.39 Å². The highest BCUT2D eigenvalue weighted by Gasteiger charge is 2.11. The van der Waals surface area contributed by atoms with Gasteiger partial charge >= 0.3 is 0 Å². The minimum absolute atomic E-state index is 0.0828. The highest BCUT2D eigenvalue weighted by atomic mass is 35.5. The van der Waals surface area contributed by atoms with Gasteiger partial charge in [0, 0.05) is 16.7 Å². The Balaban J connectivity index is 2.59. The maximum atomic E-state index is 13.5. The minimum atomic E-state index is -0.635. The van der Waals surface area contributed by atoms with Gasteiger partial charge in [-0.3, -0.25) is 0 Å². The molecule has 0 bridgehead atoms. The molecule has 0 amide bonds. The first-order valence-corrected chi connectivity index (χ1v) is 5.13. The summed E-state index contributed by atoms with van der Waals surface area (Å²) in [5.41, 5.74) is 0.517. The molecule has 2 nitrogen and oxygen atoms in total. The van der Waals surface area contributed by atoms with Gasteiger partial charge in [0.1, 0.15) is 11.4 Å². The second-order valence-electron chi connectivity index (χ2n) is 3.15. The number of benzene rings is 1. The number of rotatable bonds is 1. The third kappa shape index (κ3) is 2.10. The van der Waals surface area contributed by atoms with Crippen molar-refractivity contribution in [2.75, 3.05) is 0 Å². The number of aromatic nitrogens is 1. The van der Waals surface area contributed by atoms with Crippen molar-refractivity contribution in [2.45, 2.75) is 0 Å². The lowest BCUT2D eigenvalue weighted by molar-refractivity contribution is 0.466. The Morgan fingerprint density at radius 1 is 1.19 bits per heavy atom. The zero-order chi connectivity index (χ0) is 11.7. The van der Waals surface area contributed by atoms with Gasteiger partial charge in [-0.1, -0.05) is 23.2 Å². The zero-order valence-electron chi connectivity index (χ0n) is 7.92. The Morgan fingerprint density at radius 3 is 2.56 bits per heavy atom. The molecule has 0 spiro atoms. The van der Waals surface area contributed by atoms with E-state index in [0.29, 0.717) is 15.6 Å². The van der Waals surface area contributed by atoms with Crippen LogP contribution in [0.5, 0.6) is 5.75 Å². The number of aromatic hydroxyl groups is 1. The quantitative estimate of drug-likeness (QED) is 0.841. The summed E-state index contributed by atoms with van der Waals surface area (Å²) < 4.78 is 13.5. The first-order chi connectivity index (χ1) is 7.58. The molecule has 1 heterocycles. The van der Waals surface area contributed by atoms with E-state index in [-0.39, 0.29) is 11.4 Å². The molecule has 0 aliphatic rings. The number of pyridine rings is 1. The first-order valence-electron chi connectivity index (χ1n) is 4.38. The highest BCUT2D eigenvalue weighted by Crippen LogP contribution is 2.31. The predicted octanol–water partition coefficient (Wildman–Crippen LogP) is 3.90. The zero-order valence-corrected chi connectivity index (χ0v) is 9.43. The van der Waals surface area contributed by atoms with E-state index in [2.05, 4.69) is 4.98 Å². The van der Waals surface area contributed by atoms with Crippen LogP contribution in [0.25, 0.3) is 11.3 Å². The second-order valence-corrected chi connectivity index (χ2v) is 3.99. The standard InChI is InChI=1S/C11H6Cl2FNO/c12-6-1-2-8(9(13)3-6)11-10(14)4-7(16)5-15-11/h1-5,16H. The fourth-order valence-electron chi connectivity index (χ4n) is 1.31. The fourth-order valence-corrected chi connectivity index (χ4v) is 1.81. The molecule has 82 valence electrons. The van der Waals surface area contributed by atoms with Gasteiger partial charge in [-0.25, -0.2) is 9.37 Å². The molecule has 0 fully saturated rings. The Labute approximate surface area is 101 Å². The van der Waals surface area contributed by atoms with Crippen molar-refractivity contribution >= 4 is 23.2 Å². The van der Waals surface area contributed by atoms with E-state index in [1.165, 1.54) is 6.07 Å². The maximum absolute atomic E-state index is 13.5. The third-order valence-corrected chi connectivity index (χ3v) is 2.56. The van der Waals surface area contributed by atoms with E-state index in [1.807, 2.05) is 0 Å². The van der Waals surface area contributed by atoms with Gasteiger partial charge in [-0.15, -0.1) is 0 Å². The number of nitrogens with zero attached hydrogens (tertiary/aromatic N) is 1. The monoisotopic (exact) mass is 257 g/mol. The summed E-state index contributed by atoms with van der Waals surface area (Å²) in [5.74, 6) is -0.865. The Hall–Kier alpha value is -1.32. The van der Waals surface area contributed by atoms with Crippen molar-refractivity contribution in [3.8, 4) is 17.0 Å². The molecule has 1 aromatic carbocycles. The molecule has 1 aromatic heterocycles. The van der Waals surface area contributed by atoms with Crippen LogP contribution in [0.2, 0.25) is 10.0 Å². The number of hydrogen-bond acceptors (Lipinski definition) is 2. The summed E-state index contributed by atoms with van der Waals surface area (Å²) in [5, 5.41) is 9.82. The summed E-state index contributed by atoms with van der Waals surface area (Å²) in [7, 11) is 0. The van der Waals surface area contributed by atoms with E-state index < -0.39 is 5.82 Å². The van der Waals surface area contributed by atoms with Crippen molar-refractivity contribution in [3.63, 3.8) is 0 Å². The number of hydrogen-bond donors (Lipinski definition) is 1. The molecule has 0 saturated heterocycles. The molecule has 2 rings (SSSR count). The predicted molar refractivity (Wildman–Crippen MR) is 61.3 cm³/mol. The van der Waals surface area contributed by atoms with Crippen molar-refractivity contribution in [3.05, 3.63) is 46.3 Å². The highest BCUT2D eigenvalue weighted by molar-refractivity contribution is 6.36. The molecule has 0 saturated carbocycles. The summed E-state index contributed by atoms with van der Waals surface area (Å²) in [6.07, 6.45) is 1.16. The van der Waals surface area contributed by atoms with E-state index in [9.17, 15) is 4.39 Å². The lowest BCUT2D eigenvalue weighted by Gasteiger charge is -2.05. The topological polar surface area (TPSA) is 33.1 Å². The Kier molecular flexibility index (Phi) is 2.99. The molecular formula is C11H6Cl2FNO. The molecule has 0 atom stereocenters. The molecule has 0 aliphatic carbocycles. The van der Waals surface area contributed by atoms with Crippen molar-refractivity contribution in [1.82, 2.24) is 4.98 Å². The van der Waals surface area contributed by atoms with E-state index in [1.54, 1.807) is 12.1 Å². The molecular weight excluding hydrogens is 252 g/mol. The summed E-state index contributed by atoms with van der Waals surface area (Å²) in [6.45, 7) is 0. The second kappa shape index (κ2) is 4.28. The average Bonchev–Trinajstić information content (AvgIpc) is 2.19. The minimum Gasteiger partial charge on any atom is -0.506 e. The van der Waals surface area contributed by atoms with Gasteiger partial charge in [0.2, 0.25) is 0 Å². The molecule has 0 aliphatic heterocycles. The van der Waals surface area contributed by atoms with Crippen molar-refractivity contribution in [2.24, 2.45) is 0 Å². The van der Waals surface area contributed by atoms with Gasteiger partial charge in [0.15, 0.2) is 5.82 Å². The SMILES string of the molecule is Oc1cnc(-c2ccc(Cl)cc2Cl)c(F)c1. The van der Waals surface area contributed by atoms with Crippen LogP contribution in [0.15, 0.2) is 30.5 Å². The van der Waals surface area contributed by atoms with Crippen LogP contribution >= 0.6 is 23.2 Å². The summed E-state index contributed by atoms with van der Waals surface area (Å²) in [6, 6.07) is 5.66. The van der Waals surface area contributed by atoms with Crippen LogP contribution in [-0.2, 0) is 0 Å². The smallest absolute Gasteiger partial charge is 0.153 e. The lowest BCUT2D eigenvalue weighted by Crippen LogP contribution is -1.89. The van der Waals surface area contributed by atoms with Gasteiger partial charge in [-0.2, -0.15) is 0 Å². The van der Waals surface area contributed by atoms with Crippen LogP contribution in [0.1, 0.15) is 0 Å². The van der Waals surface area contributed by atoms with Crippen LogP contribution < -0.4 is 0 Å². The van der Waals surface area contributed by atoms with Crippen LogP contribution in [0, 0.1) is 5.82 Å². The van der Waals surface area contributed by atoms with Gasteiger partial charge in [0.05, 0.1) is 11.2 Å². The van der Waals surface area contributed by atoms with Crippen molar-refractivity contribution < 1.29 is 9.50 Å². The summed E-state index contributed by atoms with van der Waals surface area (Å²) >= 11 is 11.7. The molecule has 0 radical (unpaired) electrons. The Morgan fingerprint density at radius 2 is 1.94 bits per heavy atom. The molecule has 5 heteroatoms. The van der Waals surface area contributed by atoms with E-state index in [4.69, 9.17) is 28.3 Å². The largest absolute Gasteiger partial charge is 0.506 e. The maximum Gasteiger partial charge on any atom is 0.153 e. The van der Waals surface area contributed by atoms with Gasteiger partial charge in [-0.05, 0) is 18.2 Å². The lowest BCUT2D eigenvalue weighted by atomic mass is 10.1.